The second kappa shape index (κ2) is 8.07. The van der Waals surface area contributed by atoms with Crippen molar-refractivity contribution in [1.82, 2.24) is 0 Å². The molecule has 3 aromatic rings. The van der Waals surface area contributed by atoms with E-state index in [4.69, 9.17) is 0 Å². The number of hydrogen-bond donors (Lipinski definition) is 4. The molecule has 3 rings (SSSR count). The van der Waals surface area contributed by atoms with Crippen molar-refractivity contribution in [2.45, 2.75) is 4.90 Å². The standard InChI is InChI=1S/C21H17NO6S/c23-17-5-2-6-18(13-17)29(27,28)22-16-4-1-3-15(12-16)19(24)9-7-14-8-10-20(25)21(26)11-14/h1-13,22-23,25-26H. The molecule has 0 unspecified atom stereocenters. The molecule has 0 spiro atoms. The van der Waals surface area contributed by atoms with Crippen LogP contribution < -0.4 is 4.72 Å². The smallest absolute Gasteiger partial charge is 0.262 e. The lowest BCUT2D eigenvalue weighted by Gasteiger charge is -2.09. The lowest BCUT2D eigenvalue weighted by Crippen LogP contribution is -2.13. The zero-order chi connectivity index (χ0) is 21.0. The molecule has 0 saturated heterocycles. The molecule has 7 nitrogen and oxygen atoms in total. The van der Waals surface area contributed by atoms with E-state index in [1.54, 1.807) is 0 Å². The van der Waals surface area contributed by atoms with Crippen LogP contribution in [-0.2, 0) is 10.0 Å². The number of phenolic OH excluding ortho intramolecular Hbond substituents is 3. The molecule has 0 aliphatic rings. The third-order valence-corrected chi connectivity index (χ3v) is 5.33. The van der Waals surface area contributed by atoms with Crippen LogP contribution in [0.5, 0.6) is 17.2 Å². The lowest BCUT2D eigenvalue weighted by atomic mass is 10.1. The molecule has 0 aliphatic heterocycles. The molecule has 0 amide bonds. The molecule has 0 bridgehead atoms. The number of ketones is 1. The van der Waals surface area contributed by atoms with Gasteiger partial charge in [-0.1, -0.05) is 30.3 Å². The molecule has 0 heterocycles. The molecule has 0 fully saturated rings. The second-order valence-corrected chi connectivity index (χ2v) is 7.81. The number of aromatic hydroxyl groups is 3. The number of carbonyl (C=O) groups excluding carboxylic acids is 1. The highest BCUT2D eigenvalue weighted by Crippen LogP contribution is 2.25. The summed E-state index contributed by atoms with van der Waals surface area (Å²) in [4.78, 5) is 12.3. The molecule has 0 saturated carbocycles. The predicted molar refractivity (Wildman–Crippen MR) is 108 cm³/mol. The highest BCUT2D eigenvalue weighted by Gasteiger charge is 2.15. The van der Waals surface area contributed by atoms with Crippen molar-refractivity contribution in [3.8, 4) is 17.2 Å². The first-order valence-electron chi connectivity index (χ1n) is 8.41. The van der Waals surface area contributed by atoms with Crippen LogP contribution in [0.15, 0.2) is 77.7 Å². The monoisotopic (exact) mass is 411 g/mol. The number of benzene rings is 3. The molecular formula is C21H17NO6S. The molecule has 4 N–H and O–H groups in total. The molecule has 3 aromatic carbocycles. The van der Waals surface area contributed by atoms with Crippen molar-refractivity contribution < 1.29 is 28.5 Å². The summed E-state index contributed by atoms with van der Waals surface area (Å²) in [5.74, 6) is -1.12. The fraction of sp³-hybridized carbons (Fsp3) is 0. The Morgan fingerprint density at radius 1 is 0.862 bits per heavy atom. The highest BCUT2D eigenvalue weighted by molar-refractivity contribution is 7.92. The molecule has 8 heteroatoms. The minimum Gasteiger partial charge on any atom is -0.508 e. The van der Waals surface area contributed by atoms with Crippen molar-refractivity contribution in [2.75, 3.05) is 4.72 Å². The van der Waals surface area contributed by atoms with Gasteiger partial charge in [-0.05, 0) is 48.0 Å². The Labute approximate surface area is 167 Å². The average molecular weight is 411 g/mol. The minimum absolute atomic E-state index is 0.110. The van der Waals surface area contributed by atoms with Gasteiger partial charge in [0.15, 0.2) is 17.3 Å². The van der Waals surface area contributed by atoms with Crippen LogP contribution in [0.3, 0.4) is 0 Å². The number of hydrogen-bond acceptors (Lipinski definition) is 6. The van der Waals surface area contributed by atoms with Crippen LogP contribution in [0, 0.1) is 0 Å². The maximum absolute atomic E-state index is 12.4. The van der Waals surface area contributed by atoms with E-state index < -0.39 is 10.0 Å². The first-order chi connectivity index (χ1) is 13.7. The molecular weight excluding hydrogens is 394 g/mol. The Balaban J connectivity index is 1.79. The van der Waals surface area contributed by atoms with Crippen LogP contribution in [0.2, 0.25) is 0 Å². The number of anilines is 1. The molecule has 29 heavy (non-hydrogen) atoms. The largest absolute Gasteiger partial charge is 0.508 e. The summed E-state index contributed by atoms with van der Waals surface area (Å²) >= 11 is 0. The molecule has 0 atom stereocenters. The summed E-state index contributed by atoms with van der Waals surface area (Å²) in [6.45, 7) is 0. The Morgan fingerprint density at radius 2 is 1.62 bits per heavy atom. The quantitative estimate of drug-likeness (QED) is 0.280. The predicted octanol–water partition coefficient (Wildman–Crippen LogP) is 3.50. The summed E-state index contributed by atoms with van der Waals surface area (Å²) in [6, 6.07) is 15.3. The summed E-state index contributed by atoms with van der Waals surface area (Å²) in [5.41, 5.74) is 0.949. The Morgan fingerprint density at radius 3 is 2.34 bits per heavy atom. The van der Waals surface area contributed by atoms with E-state index in [1.165, 1.54) is 72.8 Å². The number of phenols is 3. The van der Waals surface area contributed by atoms with E-state index in [-0.39, 0.29) is 39.2 Å². The molecule has 0 aromatic heterocycles. The topological polar surface area (TPSA) is 124 Å². The van der Waals surface area contributed by atoms with E-state index in [0.717, 1.165) is 6.07 Å². The van der Waals surface area contributed by atoms with E-state index in [9.17, 15) is 28.5 Å². The van der Waals surface area contributed by atoms with E-state index in [2.05, 4.69) is 4.72 Å². The van der Waals surface area contributed by atoms with Gasteiger partial charge in [0.25, 0.3) is 10.0 Å². The molecule has 0 radical (unpaired) electrons. The number of rotatable bonds is 6. The first kappa shape index (κ1) is 20.0. The summed E-state index contributed by atoms with van der Waals surface area (Å²) in [5, 5.41) is 28.3. The van der Waals surface area contributed by atoms with Crippen molar-refractivity contribution >= 4 is 27.6 Å². The number of carbonyl (C=O) groups is 1. The number of allylic oxidation sites excluding steroid dienone is 1. The van der Waals surface area contributed by atoms with Crippen molar-refractivity contribution in [3.63, 3.8) is 0 Å². The van der Waals surface area contributed by atoms with Crippen molar-refractivity contribution in [2.24, 2.45) is 0 Å². The van der Waals surface area contributed by atoms with Crippen LogP contribution in [0.25, 0.3) is 6.08 Å². The molecule has 148 valence electrons. The Kier molecular flexibility index (Phi) is 5.56. The van der Waals surface area contributed by atoms with Gasteiger partial charge in [-0.25, -0.2) is 8.42 Å². The number of sulfonamides is 1. The SMILES string of the molecule is O=C(C=Cc1ccc(O)c(O)c1)c1cccc(NS(=O)(=O)c2cccc(O)c2)c1. The maximum atomic E-state index is 12.4. The van der Waals surface area contributed by atoms with Gasteiger partial charge >= 0.3 is 0 Å². The van der Waals surface area contributed by atoms with Gasteiger partial charge in [0.05, 0.1) is 4.90 Å². The van der Waals surface area contributed by atoms with Crippen molar-refractivity contribution in [1.29, 1.82) is 0 Å². The highest BCUT2D eigenvalue weighted by atomic mass is 32.2. The summed E-state index contributed by atoms with van der Waals surface area (Å²) in [6.07, 6.45) is 2.74. The fourth-order valence-corrected chi connectivity index (χ4v) is 3.60. The van der Waals surface area contributed by atoms with Gasteiger partial charge in [0.1, 0.15) is 5.75 Å². The zero-order valence-electron chi connectivity index (χ0n) is 15.0. The van der Waals surface area contributed by atoms with Gasteiger partial charge in [0.2, 0.25) is 0 Å². The van der Waals surface area contributed by atoms with Crippen LogP contribution in [0.1, 0.15) is 15.9 Å². The van der Waals surface area contributed by atoms with Gasteiger partial charge < -0.3 is 15.3 Å². The normalized spacial score (nSPS) is 11.4. The second-order valence-electron chi connectivity index (χ2n) is 6.13. The lowest BCUT2D eigenvalue weighted by molar-refractivity contribution is 0.104. The zero-order valence-corrected chi connectivity index (χ0v) is 15.8. The Hall–Kier alpha value is -3.78. The fourth-order valence-electron chi connectivity index (χ4n) is 2.51. The van der Waals surface area contributed by atoms with E-state index in [0.29, 0.717) is 5.56 Å². The van der Waals surface area contributed by atoms with E-state index >= 15 is 0 Å². The van der Waals surface area contributed by atoms with Gasteiger partial charge in [-0.2, -0.15) is 0 Å². The van der Waals surface area contributed by atoms with Crippen molar-refractivity contribution in [3.05, 3.63) is 83.9 Å². The van der Waals surface area contributed by atoms with E-state index in [1.807, 2.05) is 0 Å². The van der Waals surface area contributed by atoms with Gasteiger partial charge in [-0.3, -0.25) is 9.52 Å². The summed E-state index contributed by atoms with van der Waals surface area (Å²) < 4.78 is 27.2. The third-order valence-electron chi connectivity index (χ3n) is 3.95. The van der Waals surface area contributed by atoms with Gasteiger partial charge in [-0.15, -0.1) is 0 Å². The summed E-state index contributed by atoms with van der Waals surface area (Å²) in [7, 11) is -3.93. The van der Waals surface area contributed by atoms with Crippen LogP contribution in [0.4, 0.5) is 5.69 Å². The third kappa shape index (κ3) is 4.94. The first-order valence-corrected chi connectivity index (χ1v) is 9.89. The Bertz CT molecular complexity index is 1200. The van der Waals surface area contributed by atoms with Crippen LogP contribution in [-0.4, -0.2) is 29.5 Å². The maximum Gasteiger partial charge on any atom is 0.262 e. The average Bonchev–Trinajstić information content (AvgIpc) is 2.68. The van der Waals surface area contributed by atoms with Crippen LogP contribution >= 0.6 is 0 Å². The van der Waals surface area contributed by atoms with Gasteiger partial charge in [0, 0.05) is 17.3 Å². The number of nitrogens with one attached hydrogen (secondary N) is 1. The minimum atomic E-state index is -3.93. The molecule has 0 aliphatic carbocycles.